The van der Waals surface area contributed by atoms with E-state index in [9.17, 15) is 9.59 Å². The van der Waals surface area contributed by atoms with Crippen molar-refractivity contribution in [1.29, 1.82) is 0 Å². The third kappa shape index (κ3) is 4.78. The highest BCUT2D eigenvalue weighted by molar-refractivity contribution is 9.10. The van der Waals surface area contributed by atoms with Gasteiger partial charge in [-0.05, 0) is 45.8 Å². The van der Waals surface area contributed by atoms with Gasteiger partial charge < -0.3 is 5.32 Å². The second-order valence-corrected chi connectivity index (χ2v) is 5.95. The minimum Gasteiger partial charge on any atom is -0.317 e. The number of halogens is 2. The van der Waals surface area contributed by atoms with Gasteiger partial charge in [0.25, 0.3) is 0 Å². The smallest absolute Gasteiger partial charge is 0.317 e. The zero-order valence-electron chi connectivity index (χ0n) is 11.2. The molecule has 2 N–H and O–H groups in total. The second kappa shape index (κ2) is 7.86. The van der Waals surface area contributed by atoms with Crippen molar-refractivity contribution in [2.45, 2.75) is 0 Å². The van der Waals surface area contributed by atoms with Gasteiger partial charge in [-0.3, -0.25) is 9.59 Å². The molecule has 2 aromatic carbocycles. The Morgan fingerprint density at radius 2 is 1.64 bits per heavy atom. The summed E-state index contributed by atoms with van der Waals surface area (Å²) in [5, 5.41) is 6.23. The largest absolute Gasteiger partial charge is 0.329 e. The fourth-order valence-electron chi connectivity index (χ4n) is 1.51. The van der Waals surface area contributed by atoms with Gasteiger partial charge >= 0.3 is 11.8 Å². The molecule has 112 valence electrons. The van der Waals surface area contributed by atoms with Gasteiger partial charge in [-0.1, -0.05) is 40.2 Å². The number of carbonyl (C=O) groups excluding carboxylic acids is 2. The van der Waals surface area contributed by atoms with Crippen LogP contribution in [0.25, 0.3) is 0 Å². The molecule has 0 aliphatic heterocycles. The molecule has 0 fully saturated rings. The van der Waals surface area contributed by atoms with Gasteiger partial charge in [0, 0.05) is 8.95 Å². The first-order valence-electron chi connectivity index (χ1n) is 6.21. The molecule has 0 atom stereocenters. The van der Waals surface area contributed by atoms with Crippen molar-refractivity contribution in [3.8, 4) is 0 Å². The van der Waals surface area contributed by atoms with Gasteiger partial charge in [0.05, 0.1) is 11.9 Å². The third-order valence-corrected chi connectivity index (χ3v) is 3.80. The van der Waals surface area contributed by atoms with Crippen LogP contribution in [0.4, 0.5) is 5.69 Å². The number of amides is 2. The third-order valence-electron chi connectivity index (χ3n) is 2.58. The molecule has 0 spiro atoms. The zero-order chi connectivity index (χ0) is 15.9. The van der Waals surface area contributed by atoms with Crippen molar-refractivity contribution in [2.75, 3.05) is 5.32 Å². The van der Waals surface area contributed by atoms with E-state index in [-0.39, 0.29) is 0 Å². The van der Waals surface area contributed by atoms with Crippen LogP contribution in [-0.2, 0) is 9.59 Å². The van der Waals surface area contributed by atoms with Gasteiger partial charge in [0.15, 0.2) is 0 Å². The van der Waals surface area contributed by atoms with Crippen molar-refractivity contribution in [3.05, 3.63) is 63.0 Å². The molecule has 7 heteroatoms. The number of nitrogens with one attached hydrogen (secondary N) is 2. The molecular weight excluding hydrogens is 414 g/mol. The summed E-state index contributed by atoms with van der Waals surface area (Å²) >= 11 is 6.61. The SMILES string of the molecule is O=C(NN=Cc1ccc(Br)cc1)C(=O)Nc1ccccc1Br. The number of hydrazone groups is 1. The van der Waals surface area contributed by atoms with E-state index < -0.39 is 11.8 Å². The fourth-order valence-corrected chi connectivity index (χ4v) is 2.15. The molecule has 2 aromatic rings. The van der Waals surface area contributed by atoms with Crippen LogP contribution in [0.2, 0.25) is 0 Å². The fraction of sp³-hybridized carbons (Fsp3) is 0. The number of rotatable bonds is 3. The zero-order valence-corrected chi connectivity index (χ0v) is 14.4. The quantitative estimate of drug-likeness (QED) is 0.450. The molecule has 0 aliphatic carbocycles. The van der Waals surface area contributed by atoms with E-state index in [0.717, 1.165) is 10.0 Å². The molecule has 0 aromatic heterocycles. The Balaban J connectivity index is 1.90. The summed E-state index contributed by atoms with van der Waals surface area (Å²) in [7, 11) is 0. The Hall–Kier alpha value is -1.99. The summed E-state index contributed by atoms with van der Waals surface area (Å²) in [5.74, 6) is -1.64. The van der Waals surface area contributed by atoms with Gasteiger partial charge in [-0.2, -0.15) is 5.10 Å². The first-order valence-corrected chi connectivity index (χ1v) is 7.79. The standard InChI is InChI=1S/C15H11Br2N3O2/c16-11-7-5-10(6-8-11)9-18-20-15(22)14(21)19-13-4-2-1-3-12(13)17/h1-9H,(H,19,21)(H,20,22). The van der Waals surface area contributed by atoms with E-state index in [2.05, 4.69) is 47.7 Å². The van der Waals surface area contributed by atoms with Crippen molar-refractivity contribution in [3.63, 3.8) is 0 Å². The summed E-state index contributed by atoms with van der Waals surface area (Å²) in [4.78, 5) is 23.4. The Labute approximate surface area is 144 Å². The van der Waals surface area contributed by atoms with Gasteiger partial charge in [0.1, 0.15) is 0 Å². The lowest BCUT2D eigenvalue weighted by molar-refractivity contribution is -0.136. The van der Waals surface area contributed by atoms with Crippen LogP contribution >= 0.6 is 31.9 Å². The predicted molar refractivity (Wildman–Crippen MR) is 92.7 cm³/mol. The monoisotopic (exact) mass is 423 g/mol. The number of carbonyl (C=O) groups is 2. The van der Waals surface area contributed by atoms with Crippen LogP contribution in [0.15, 0.2) is 62.6 Å². The number of benzene rings is 2. The number of hydrogen-bond acceptors (Lipinski definition) is 3. The van der Waals surface area contributed by atoms with Crippen LogP contribution in [0, 0.1) is 0 Å². The Morgan fingerprint density at radius 3 is 2.32 bits per heavy atom. The maximum absolute atomic E-state index is 11.7. The molecule has 0 heterocycles. The number of anilines is 1. The molecule has 2 rings (SSSR count). The average Bonchev–Trinajstić information content (AvgIpc) is 2.51. The van der Waals surface area contributed by atoms with Crippen LogP contribution in [-0.4, -0.2) is 18.0 Å². The Morgan fingerprint density at radius 1 is 0.955 bits per heavy atom. The minimum atomic E-state index is -0.843. The normalized spacial score (nSPS) is 10.5. The topological polar surface area (TPSA) is 70.6 Å². The van der Waals surface area contributed by atoms with Crippen molar-refractivity contribution in [2.24, 2.45) is 5.10 Å². The van der Waals surface area contributed by atoms with Crippen LogP contribution in [0.1, 0.15) is 5.56 Å². The lowest BCUT2D eigenvalue weighted by Gasteiger charge is -2.05. The highest BCUT2D eigenvalue weighted by Crippen LogP contribution is 2.20. The van der Waals surface area contributed by atoms with E-state index >= 15 is 0 Å². The maximum Gasteiger partial charge on any atom is 0.329 e. The minimum absolute atomic E-state index is 0.513. The van der Waals surface area contributed by atoms with Crippen molar-refractivity contribution in [1.82, 2.24) is 5.43 Å². The van der Waals surface area contributed by atoms with E-state index in [1.165, 1.54) is 6.21 Å². The molecule has 2 amide bonds. The molecule has 5 nitrogen and oxygen atoms in total. The van der Waals surface area contributed by atoms with E-state index in [1.807, 2.05) is 30.3 Å². The van der Waals surface area contributed by atoms with Gasteiger partial charge in [0.2, 0.25) is 0 Å². The van der Waals surface area contributed by atoms with E-state index in [4.69, 9.17) is 0 Å². The molecule has 0 unspecified atom stereocenters. The highest BCUT2D eigenvalue weighted by atomic mass is 79.9. The van der Waals surface area contributed by atoms with E-state index in [1.54, 1.807) is 18.2 Å². The molecule has 0 aliphatic rings. The average molecular weight is 425 g/mol. The van der Waals surface area contributed by atoms with Gasteiger partial charge in [-0.15, -0.1) is 0 Å². The molecule has 0 saturated carbocycles. The van der Waals surface area contributed by atoms with Crippen LogP contribution in [0.3, 0.4) is 0 Å². The summed E-state index contributed by atoms with van der Waals surface area (Å²) < 4.78 is 1.64. The number of para-hydroxylation sites is 1. The van der Waals surface area contributed by atoms with Gasteiger partial charge in [-0.25, -0.2) is 5.43 Å². The lowest BCUT2D eigenvalue weighted by atomic mass is 10.2. The second-order valence-electron chi connectivity index (χ2n) is 4.18. The predicted octanol–water partition coefficient (Wildman–Crippen LogP) is 3.30. The summed E-state index contributed by atoms with van der Waals surface area (Å²) in [6, 6.07) is 14.3. The molecule has 0 bridgehead atoms. The maximum atomic E-state index is 11.7. The number of nitrogens with zero attached hydrogens (tertiary/aromatic N) is 1. The molecule has 0 saturated heterocycles. The lowest BCUT2D eigenvalue weighted by Crippen LogP contribution is -2.32. The van der Waals surface area contributed by atoms with Crippen LogP contribution < -0.4 is 10.7 Å². The number of hydrogen-bond donors (Lipinski definition) is 2. The first-order chi connectivity index (χ1) is 10.6. The molecular formula is C15H11Br2N3O2. The highest BCUT2D eigenvalue weighted by Gasteiger charge is 2.13. The molecule has 0 radical (unpaired) electrons. The Kier molecular flexibility index (Phi) is 5.85. The van der Waals surface area contributed by atoms with Crippen molar-refractivity contribution < 1.29 is 9.59 Å². The first kappa shape index (κ1) is 16.4. The van der Waals surface area contributed by atoms with E-state index in [0.29, 0.717) is 10.2 Å². The molecule has 22 heavy (non-hydrogen) atoms. The summed E-state index contributed by atoms with van der Waals surface area (Å²) in [6.45, 7) is 0. The summed E-state index contributed by atoms with van der Waals surface area (Å²) in [5.41, 5.74) is 3.49. The summed E-state index contributed by atoms with van der Waals surface area (Å²) in [6.07, 6.45) is 1.45. The van der Waals surface area contributed by atoms with Crippen LogP contribution in [0.5, 0.6) is 0 Å². The Bertz CT molecular complexity index is 715. The van der Waals surface area contributed by atoms with Crippen molar-refractivity contribution >= 4 is 55.6 Å².